The molecule has 5 heteroatoms. The second kappa shape index (κ2) is 8.41. The Morgan fingerprint density at radius 2 is 1.71 bits per heavy atom. The molecule has 0 amide bonds. The highest BCUT2D eigenvalue weighted by atomic mass is 16.5. The lowest BCUT2D eigenvalue weighted by atomic mass is 9.84. The molecule has 0 bridgehead atoms. The first-order valence-electron chi connectivity index (χ1n) is 10.2. The Balaban J connectivity index is 1.72. The maximum atomic E-state index is 6.69. The zero-order valence-electron chi connectivity index (χ0n) is 16.8. The van der Waals surface area contributed by atoms with Crippen LogP contribution in [0.3, 0.4) is 0 Å². The van der Waals surface area contributed by atoms with Crippen molar-refractivity contribution in [2.24, 2.45) is 5.73 Å². The summed E-state index contributed by atoms with van der Waals surface area (Å²) in [5.74, 6) is 2.05. The molecule has 1 heterocycles. The molecule has 3 atom stereocenters. The lowest BCUT2D eigenvalue weighted by Crippen LogP contribution is -2.51. The summed E-state index contributed by atoms with van der Waals surface area (Å²) in [4.78, 5) is 2.52. The third-order valence-electron chi connectivity index (χ3n) is 6.01. The Hall–Kier alpha value is -2.24. The first-order chi connectivity index (χ1) is 13.7. The molecule has 2 aromatic rings. The number of nitrogens with two attached hydrogens (primary N) is 1. The second-order valence-corrected chi connectivity index (χ2v) is 7.73. The number of ether oxygens (including phenoxy) is 3. The fraction of sp³-hybridized carbons (Fsp3) is 0.478. The summed E-state index contributed by atoms with van der Waals surface area (Å²) in [6.45, 7) is 2.00. The van der Waals surface area contributed by atoms with Gasteiger partial charge in [-0.25, -0.2) is 0 Å². The summed E-state index contributed by atoms with van der Waals surface area (Å²) < 4.78 is 17.8. The molecule has 150 valence electrons. The summed E-state index contributed by atoms with van der Waals surface area (Å²) in [5, 5.41) is 0. The van der Waals surface area contributed by atoms with E-state index in [9.17, 15) is 0 Å². The maximum absolute atomic E-state index is 6.69. The molecule has 0 saturated carbocycles. The first kappa shape index (κ1) is 19.1. The van der Waals surface area contributed by atoms with Crippen molar-refractivity contribution < 1.29 is 14.2 Å². The first-order valence-corrected chi connectivity index (χ1v) is 10.2. The van der Waals surface area contributed by atoms with E-state index in [1.54, 1.807) is 14.2 Å². The summed E-state index contributed by atoms with van der Waals surface area (Å²) in [6, 6.07) is 14.9. The van der Waals surface area contributed by atoms with E-state index in [0.717, 1.165) is 38.8 Å². The Morgan fingerprint density at radius 1 is 0.964 bits per heavy atom. The molecule has 0 unspecified atom stereocenters. The number of nitrogens with zero attached hydrogens (tertiary/aromatic N) is 1. The second-order valence-electron chi connectivity index (χ2n) is 7.73. The van der Waals surface area contributed by atoms with Gasteiger partial charge in [0.1, 0.15) is 6.10 Å². The number of rotatable bonds is 5. The van der Waals surface area contributed by atoms with Crippen molar-refractivity contribution in [1.29, 1.82) is 0 Å². The van der Waals surface area contributed by atoms with Crippen molar-refractivity contribution in [3.63, 3.8) is 0 Å². The molecule has 1 fully saturated rings. The van der Waals surface area contributed by atoms with Gasteiger partial charge in [-0.2, -0.15) is 0 Å². The molecule has 1 aliphatic carbocycles. The van der Waals surface area contributed by atoms with Crippen molar-refractivity contribution in [2.45, 2.75) is 43.9 Å². The molecule has 2 N–H and O–H groups in total. The number of hydrogen-bond donors (Lipinski definition) is 1. The Kier molecular flexibility index (Phi) is 5.74. The average Bonchev–Trinajstić information content (AvgIpc) is 2.74. The molecule has 1 aliphatic heterocycles. The van der Waals surface area contributed by atoms with Gasteiger partial charge in [0, 0.05) is 12.6 Å². The van der Waals surface area contributed by atoms with Crippen molar-refractivity contribution in [2.75, 3.05) is 27.3 Å². The van der Waals surface area contributed by atoms with E-state index in [1.165, 1.54) is 11.1 Å². The highest BCUT2D eigenvalue weighted by Crippen LogP contribution is 2.44. The predicted octanol–water partition coefficient (Wildman–Crippen LogP) is 3.56. The molecule has 0 spiro atoms. The van der Waals surface area contributed by atoms with Crippen LogP contribution >= 0.6 is 0 Å². The lowest BCUT2D eigenvalue weighted by Gasteiger charge is -2.43. The fourth-order valence-electron chi connectivity index (χ4n) is 4.62. The van der Waals surface area contributed by atoms with Gasteiger partial charge >= 0.3 is 0 Å². The predicted molar refractivity (Wildman–Crippen MR) is 110 cm³/mol. The number of benzene rings is 2. The number of likely N-dealkylation sites (tertiary alicyclic amines) is 1. The van der Waals surface area contributed by atoms with Crippen molar-refractivity contribution in [3.05, 3.63) is 53.6 Å². The zero-order chi connectivity index (χ0) is 19.5. The molecule has 1 saturated heterocycles. The zero-order valence-corrected chi connectivity index (χ0v) is 16.8. The summed E-state index contributed by atoms with van der Waals surface area (Å²) in [5.41, 5.74) is 8.91. The molecule has 28 heavy (non-hydrogen) atoms. The molecule has 2 aromatic carbocycles. The molecule has 5 nitrogen and oxygen atoms in total. The topological polar surface area (TPSA) is 57.0 Å². The van der Waals surface area contributed by atoms with Crippen LogP contribution < -0.4 is 19.9 Å². The monoisotopic (exact) mass is 382 g/mol. The van der Waals surface area contributed by atoms with Crippen LogP contribution in [0.5, 0.6) is 17.2 Å². The van der Waals surface area contributed by atoms with E-state index in [1.807, 2.05) is 18.2 Å². The Labute approximate surface area is 167 Å². The number of piperidine rings is 1. The SMILES string of the molecule is COc1cccc(OC)c1O[C@H]1c2ccccc2CC[C@@H]1N1CCC[C@@H](N)C1. The smallest absolute Gasteiger partial charge is 0.204 e. The Bertz CT molecular complexity index is 788. The van der Waals surface area contributed by atoms with E-state index >= 15 is 0 Å². The van der Waals surface area contributed by atoms with Crippen LogP contribution in [0, 0.1) is 0 Å². The maximum Gasteiger partial charge on any atom is 0.204 e. The normalized spacial score (nSPS) is 25.0. The van der Waals surface area contributed by atoms with E-state index in [0.29, 0.717) is 17.2 Å². The summed E-state index contributed by atoms with van der Waals surface area (Å²) in [6.07, 6.45) is 4.29. The van der Waals surface area contributed by atoms with Gasteiger partial charge in [-0.15, -0.1) is 0 Å². The third kappa shape index (κ3) is 3.69. The van der Waals surface area contributed by atoms with E-state index in [4.69, 9.17) is 19.9 Å². The molecular formula is C23H30N2O3. The molecule has 0 radical (unpaired) electrons. The number of aryl methyl sites for hydroxylation is 1. The van der Waals surface area contributed by atoms with Crippen molar-refractivity contribution in [3.8, 4) is 17.2 Å². The average molecular weight is 383 g/mol. The molecule has 4 rings (SSSR count). The van der Waals surface area contributed by atoms with Crippen LogP contribution in [0.2, 0.25) is 0 Å². The third-order valence-corrected chi connectivity index (χ3v) is 6.01. The largest absolute Gasteiger partial charge is 0.493 e. The van der Waals surface area contributed by atoms with E-state index in [2.05, 4.69) is 29.2 Å². The van der Waals surface area contributed by atoms with Crippen LogP contribution in [-0.2, 0) is 6.42 Å². The van der Waals surface area contributed by atoms with Gasteiger partial charge in [0.25, 0.3) is 0 Å². The van der Waals surface area contributed by atoms with Gasteiger partial charge in [-0.3, -0.25) is 4.90 Å². The number of para-hydroxylation sites is 1. The number of hydrogen-bond acceptors (Lipinski definition) is 5. The molecule has 0 aromatic heterocycles. The minimum absolute atomic E-state index is 0.0829. The lowest BCUT2D eigenvalue weighted by molar-refractivity contribution is 0.0339. The molecular weight excluding hydrogens is 352 g/mol. The highest BCUT2D eigenvalue weighted by Gasteiger charge is 2.37. The number of fused-ring (bicyclic) bond motifs is 1. The Morgan fingerprint density at radius 3 is 2.43 bits per heavy atom. The van der Waals surface area contributed by atoms with Gasteiger partial charge in [0.15, 0.2) is 11.5 Å². The van der Waals surface area contributed by atoms with Gasteiger partial charge in [0.05, 0.1) is 20.3 Å². The van der Waals surface area contributed by atoms with E-state index in [-0.39, 0.29) is 18.2 Å². The molecule has 2 aliphatic rings. The minimum Gasteiger partial charge on any atom is -0.493 e. The van der Waals surface area contributed by atoms with Gasteiger partial charge in [-0.05, 0) is 55.5 Å². The summed E-state index contributed by atoms with van der Waals surface area (Å²) in [7, 11) is 3.33. The van der Waals surface area contributed by atoms with Crippen LogP contribution in [0.4, 0.5) is 0 Å². The standard InChI is InChI=1S/C23H30N2O3/c1-26-20-10-5-11-21(27-2)23(20)28-22-18-9-4-3-7-16(18)12-13-19(22)25-14-6-8-17(24)15-25/h3-5,7,9-11,17,19,22H,6,8,12-15,24H2,1-2H3/t17-,19+,22+/m1/s1. The van der Waals surface area contributed by atoms with Crippen LogP contribution in [-0.4, -0.2) is 44.3 Å². The highest BCUT2D eigenvalue weighted by molar-refractivity contribution is 5.51. The quantitative estimate of drug-likeness (QED) is 0.857. The van der Waals surface area contributed by atoms with Crippen LogP contribution in [0.15, 0.2) is 42.5 Å². The van der Waals surface area contributed by atoms with Gasteiger partial charge in [-0.1, -0.05) is 30.3 Å². The van der Waals surface area contributed by atoms with E-state index < -0.39 is 0 Å². The van der Waals surface area contributed by atoms with Crippen molar-refractivity contribution in [1.82, 2.24) is 4.90 Å². The van der Waals surface area contributed by atoms with Crippen molar-refractivity contribution >= 4 is 0 Å². The van der Waals surface area contributed by atoms with Crippen LogP contribution in [0.1, 0.15) is 36.5 Å². The fourth-order valence-corrected chi connectivity index (χ4v) is 4.62. The minimum atomic E-state index is -0.0829. The van der Waals surface area contributed by atoms with Crippen LogP contribution in [0.25, 0.3) is 0 Å². The number of methoxy groups -OCH3 is 2. The summed E-state index contributed by atoms with van der Waals surface area (Å²) >= 11 is 0. The van der Waals surface area contributed by atoms with Gasteiger partial charge < -0.3 is 19.9 Å². The van der Waals surface area contributed by atoms with Gasteiger partial charge in [0.2, 0.25) is 5.75 Å².